The summed E-state index contributed by atoms with van der Waals surface area (Å²) in [5, 5.41) is 0. The molecule has 3 aliphatic rings. The molecule has 0 heterocycles. The van der Waals surface area contributed by atoms with Gasteiger partial charge >= 0.3 is 0 Å². The highest BCUT2D eigenvalue weighted by Gasteiger charge is 2.54. The van der Waals surface area contributed by atoms with Gasteiger partial charge in [0.15, 0.2) is 11.6 Å². The Morgan fingerprint density at radius 1 is 0.875 bits per heavy atom. The molecule has 1 fully saturated rings. The number of hydrogen-bond donors (Lipinski definition) is 0. The van der Waals surface area contributed by atoms with Crippen LogP contribution in [0.2, 0.25) is 0 Å². The molecule has 0 N–H and O–H groups in total. The van der Waals surface area contributed by atoms with Gasteiger partial charge < -0.3 is 0 Å². The van der Waals surface area contributed by atoms with E-state index >= 15 is 0 Å². The SMILES string of the molecule is CCCCCCCc1ccc2c(c1)C(=O)C1C3C=CC(C3)C1C2=O. The number of ketones is 2. The van der Waals surface area contributed by atoms with Crippen LogP contribution in [0.4, 0.5) is 0 Å². The number of benzene rings is 1. The quantitative estimate of drug-likeness (QED) is 0.544. The van der Waals surface area contributed by atoms with Gasteiger partial charge in [0, 0.05) is 23.0 Å². The molecule has 0 aliphatic heterocycles. The molecule has 3 aliphatic carbocycles. The number of allylic oxidation sites excluding steroid dienone is 2. The van der Waals surface area contributed by atoms with Gasteiger partial charge in [0.05, 0.1) is 0 Å². The van der Waals surface area contributed by atoms with E-state index in [0.29, 0.717) is 23.0 Å². The topological polar surface area (TPSA) is 34.1 Å². The summed E-state index contributed by atoms with van der Waals surface area (Å²) in [4.78, 5) is 25.9. The zero-order chi connectivity index (χ0) is 16.7. The summed E-state index contributed by atoms with van der Waals surface area (Å²) in [7, 11) is 0. The fourth-order valence-electron chi connectivity index (χ4n) is 4.99. The Hall–Kier alpha value is -1.70. The first-order valence-corrected chi connectivity index (χ1v) is 9.60. The lowest BCUT2D eigenvalue weighted by atomic mass is 9.69. The van der Waals surface area contributed by atoms with Crippen molar-refractivity contribution >= 4 is 11.6 Å². The van der Waals surface area contributed by atoms with E-state index in [2.05, 4.69) is 25.1 Å². The van der Waals surface area contributed by atoms with Crippen LogP contribution in [0.15, 0.2) is 30.4 Å². The number of fused-ring (bicyclic) bond motifs is 6. The fourth-order valence-corrected chi connectivity index (χ4v) is 4.99. The van der Waals surface area contributed by atoms with Crippen LogP contribution < -0.4 is 0 Å². The van der Waals surface area contributed by atoms with Gasteiger partial charge in [0.1, 0.15) is 0 Å². The summed E-state index contributed by atoms with van der Waals surface area (Å²) >= 11 is 0. The maximum Gasteiger partial charge on any atom is 0.168 e. The third-order valence-electron chi connectivity index (χ3n) is 6.25. The second-order valence-corrected chi connectivity index (χ2v) is 7.77. The van der Waals surface area contributed by atoms with Gasteiger partial charge in [-0.25, -0.2) is 0 Å². The Morgan fingerprint density at radius 3 is 2.25 bits per heavy atom. The molecule has 4 rings (SSSR count). The number of carbonyl (C=O) groups is 2. The van der Waals surface area contributed by atoms with Crippen LogP contribution in [-0.2, 0) is 6.42 Å². The number of rotatable bonds is 6. The minimum Gasteiger partial charge on any atom is -0.294 e. The molecule has 2 bridgehead atoms. The zero-order valence-electron chi connectivity index (χ0n) is 14.5. The highest BCUT2D eigenvalue weighted by molar-refractivity contribution is 6.16. The van der Waals surface area contributed by atoms with Crippen molar-refractivity contribution in [3.63, 3.8) is 0 Å². The van der Waals surface area contributed by atoms with Gasteiger partial charge in [-0.3, -0.25) is 9.59 Å². The molecule has 2 nitrogen and oxygen atoms in total. The molecule has 4 unspecified atom stereocenters. The lowest BCUT2D eigenvalue weighted by Crippen LogP contribution is -2.38. The molecule has 0 radical (unpaired) electrons. The number of hydrogen-bond acceptors (Lipinski definition) is 2. The Bertz CT molecular complexity index is 700. The maximum absolute atomic E-state index is 13.0. The Labute approximate surface area is 144 Å². The first kappa shape index (κ1) is 15.8. The van der Waals surface area contributed by atoms with Crippen molar-refractivity contribution in [2.75, 3.05) is 0 Å². The lowest BCUT2D eigenvalue weighted by Gasteiger charge is -2.31. The lowest BCUT2D eigenvalue weighted by molar-refractivity contribution is 0.0720. The van der Waals surface area contributed by atoms with Crippen molar-refractivity contribution in [3.8, 4) is 0 Å². The van der Waals surface area contributed by atoms with Crippen molar-refractivity contribution in [1.82, 2.24) is 0 Å². The van der Waals surface area contributed by atoms with Gasteiger partial charge in [-0.1, -0.05) is 56.9 Å². The van der Waals surface area contributed by atoms with Gasteiger partial charge in [-0.15, -0.1) is 0 Å². The monoisotopic (exact) mass is 322 g/mol. The Kier molecular flexibility index (Phi) is 4.15. The molecule has 0 saturated heterocycles. The minimum absolute atomic E-state index is 0.0834. The second kappa shape index (κ2) is 6.31. The van der Waals surface area contributed by atoms with Gasteiger partial charge in [-0.2, -0.15) is 0 Å². The summed E-state index contributed by atoms with van der Waals surface area (Å²) in [5.41, 5.74) is 2.59. The molecule has 1 saturated carbocycles. The summed E-state index contributed by atoms with van der Waals surface area (Å²) in [6.07, 6.45) is 12.6. The molecule has 1 aromatic rings. The molecule has 0 aromatic heterocycles. The van der Waals surface area contributed by atoms with Gasteiger partial charge in [0.2, 0.25) is 0 Å². The highest BCUT2D eigenvalue weighted by Crippen LogP contribution is 2.52. The summed E-state index contributed by atoms with van der Waals surface area (Å²) in [6.45, 7) is 2.23. The fraction of sp³-hybridized carbons (Fsp3) is 0.545. The second-order valence-electron chi connectivity index (χ2n) is 7.77. The first-order chi connectivity index (χ1) is 11.7. The van der Waals surface area contributed by atoms with Crippen molar-refractivity contribution in [2.45, 2.75) is 51.9 Å². The molecule has 0 amide bonds. The molecule has 24 heavy (non-hydrogen) atoms. The number of unbranched alkanes of at least 4 members (excludes halogenated alkanes) is 4. The zero-order valence-corrected chi connectivity index (χ0v) is 14.5. The summed E-state index contributed by atoms with van der Waals surface area (Å²) < 4.78 is 0. The summed E-state index contributed by atoms with van der Waals surface area (Å²) in [5.74, 6) is 0.852. The average molecular weight is 322 g/mol. The standard InChI is InChI=1S/C22H26O2/c1-2-3-4-5-6-7-14-8-11-17-18(12-14)22(24)20-16-10-9-15(13-16)19(20)21(17)23/h8-12,15-16,19-20H,2-7,13H2,1H3. The van der Waals surface area contributed by atoms with E-state index in [1.807, 2.05) is 12.1 Å². The van der Waals surface area contributed by atoms with Crippen LogP contribution in [0.25, 0.3) is 0 Å². The van der Waals surface area contributed by atoms with Gasteiger partial charge in [-0.05, 0) is 42.7 Å². The normalized spacial score (nSPS) is 29.9. The van der Waals surface area contributed by atoms with Crippen LogP contribution >= 0.6 is 0 Å². The van der Waals surface area contributed by atoms with Crippen LogP contribution in [-0.4, -0.2) is 11.6 Å². The number of aryl methyl sites for hydroxylation is 1. The third kappa shape index (κ3) is 2.47. The molecular weight excluding hydrogens is 296 g/mol. The van der Waals surface area contributed by atoms with E-state index in [4.69, 9.17) is 0 Å². The molecule has 1 aromatic carbocycles. The van der Waals surface area contributed by atoms with E-state index < -0.39 is 0 Å². The third-order valence-corrected chi connectivity index (χ3v) is 6.25. The van der Waals surface area contributed by atoms with E-state index in [1.54, 1.807) is 0 Å². The van der Waals surface area contributed by atoms with Crippen LogP contribution in [0.3, 0.4) is 0 Å². The highest BCUT2D eigenvalue weighted by atomic mass is 16.1. The molecule has 126 valence electrons. The first-order valence-electron chi connectivity index (χ1n) is 9.60. The predicted molar refractivity (Wildman–Crippen MR) is 95.3 cm³/mol. The Morgan fingerprint density at radius 2 is 1.54 bits per heavy atom. The van der Waals surface area contributed by atoms with Gasteiger partial charge in [0.25, 0.3) is 0 Å². The van der Waals surface area contributed by atoms with E-state index in [1.165, 1.54) is 37.7 Å². The molecule has 0 spiro atoms. The van der Waals surface area contributed by atoms with E-state index in [9.17, 15) is 9.59 Å². The molecule has 4 atom stereocenters. The minimum atomic E-state index is -0.0835. The largest absolute Gasteiger partial charge is 0.294 e. The van der Waals surface area contributed by atoms with E-state index in [0.717, 1.165) is 12.8 Å². The van der Waals surface area contributed by atoms with Crippen LogP contribution in [0, 0.1) is 23.7 Å². The average Bonchev–Trinajstić information content (AvgIpc) is 3.21. The number of Topliss-reactive ketones (excluding diaryl/α,β-unsaturated/α-hetero) is 2. The predicted octanol–water partition coefficient (Wildman–Crippen LogP) is 5.02. The van der Waals surface area contributed by atoms with Crippen molar-refractivity contribution in [1.29, 1.82) is 0 Å². The van der Waals surface area contributed by atoms with Crippen LogP contribution in [0.1, 0.15) is 71.7 Å². The van der Waals surface area contributed by atoms with Crippen molar-refractivity contribution < 1.29 is 9.59 Å². The number of carbonyl (C=O) groups excluding carboxylic acids is 2. The van der Waals surface area contributed by atoms with E-state index in [-0.39, 0.29) is 23.4 Å². The smallest absolute Gasteiger partial charge is 0.168 e. The molecule has 2 heteroatoms. The molecular formula is C22H26O2. The summed E-state index contributed by atoms with van der Waals surface area (Å²) in [6, 6.07) is 6.00. The maximum atomic E-state index is 13.0. The van der Waals surface area contributed by atoms with Crippen molar-refractivity contribution in [3.05, 3.63) is 47.0 Å². The van der Waals surface area contributed by atoms with Crippen molar-refractivity contribution in [2.24, 2.45) is 23.7 Å². The van der Waals surface area contributed by atoms with Crippen LogP contribution in [0.5, 0.6) is 0 Å². The Balaban J connectivity index is 1.53.